The molecule has 1 fully saturated rings. The fourth-order valence-corrected chi connectivity index (χ4v) is 3.46. The molecule has 0 unspecified atom stereocenters. The lowest BCUT2D eigenvalue weighted by Gasteiger charge is -2.15. The summed E-state index contributed by atoms with van der Waals surface area (Å²) in [6.07, 6.45) is -10.0. The lowest BCUT2D eigenvalue weighted by atomic mass is 9.96. The number of alkyl halides is 6. The van der Waals surface area contributed by atoms with Crippen molar-refractivity contribution in [1.29, 1.82) is 5.26 Å². The molecule has 142 valence electrons. The zero-order valence-electron chi connectivity index (χ0n) is 14.0. The second kappa shape index (κ2) is 5.89. The Morgan fingerprint density at radius 1 is 1.12 bits per heavy atom. The molecule has 0 saturated heterocycles. The summed E-state index contributed by atoms with van der Waals surface area (Å²) in [7, 11) is 0. The number of hydrogen-bond donors (Lipinski definition) is 0. The Bertz CT molecular complexity index is 743. The van der Waals surface area contributed by atoms with Gasteiger partial charge in [-0.3, -0.25) is 4.79 Å². The number of halogens is 6. The molecule has 2 atom stereocenters. The fourth-order valence-electron chi connectivity index (χ4n) is 3.46. The minimum Gasteiger partial charge on any atom is -0.465 e. The zero-order chi connectivity index (χ0) is 20.1. The predicted octanol–water partition coefficient (Wildman–Crippen LogP) is 4.92. The van der Waals surface area contributed by atoms with Crippen molar-refractivity contribution >= 4 is 5.97 Å². The van der Waals surface area contributed by atoms with Gasteiger partial charge in [0.1, 0.15) is 0 Å². The van der Waals surface area contributed by atoms with Crippen molar-refractivity contribution in [2.24, 2.45) is 10.8 Å². The van der Waals surface area contributed by atoms with Gasteiger partial charge in [0, 0.05) is 11.3 Å². The maximum atomic E-state index is 13.0. The molecule has 0 bridgehead atoms. The summed E-state index contributed by atoms with van der Waals surface area (Å²) in [6, 6.07) is 2.88. The van der Waals surface area contributed by atoms with E-state index in [0.29, 0.717) is 12.1 Å². The molecule has 0 aliphatic heterocycles. The number of rotatable bonds is 3. The standard InChI is InChI=1S/C17H15F6NO2/c1-4-26-13(25)15(8-24)12(14(15,2)3)9-5-10(16(18,19)20)7-11(6-9)17(21,22)23/h5-7,12H,4H2,1-3H3/t12-,15+/m1/s1. The summed E-state index contributed by atoms with van der Waals surface area (Å²) in [5.41, 5.74) is -6.36. The van der Waals surface area contributed by atoms with Crippen LogP contribution < -0.4 is 0 Å². The van der Waals surface area contributed by atoms with Gasteiger partial charge >= 0.3 is 18.3 Å². The van der Waals surface area contributed by atoms with Crippen LogP contribution in [0.15, 0.2) is 18.2 Å². The molecule has 1 aliphatic carbocycles. The molecular formula is C17H15F6NO2. The number of nitrogens with zero attached hydrogens (tertiary/aromatic N) is 1. The van der Waals surface area contributed by atoms with Crippen LogP contribution in [0.2, 0.25) is 0 Å². The topological polar surface area (TPSA) is 50.1 Å². The molecule has 2 rings (SSSR count). The fraction of sp³-hybridized carbons (Fsp3) is 0.529. The average molecular weight is 379 g/mol. The van der Waals surface area contributed by atoms with E-state index in [1.807, 2.05) is 0 Å². The Kier molecular flexibility index (Phi) is 4.55. The number of carbonyl (C=O) groups is 1. The SMILES string of the molecule is CCOC(=O)[C@]1(C#N)[C@H](c2cc(C(F)(F)F)cc(C(F)(F)F)c2)C1(C)C. The van der Waals surface area contributed by atoms with Gasteiger partial charge in [0.15, 0.2) is 5.41 Å². The third kappa shape index (κ3) is 2.91. The van der Waals surface area contributed by atoms with E-state index in [1.165, 1.54) is 20.8 Å². The molecule has 1 saturated carbocycles. The van der Waals surface area contributed by atoms with Gasteiger partial charge < -0.3 is 4.74 Å². The molecule has 0 N–H and O–H groups in total. The van der Waals surface area contributed by atoms with Crippen LogP contribution in [0.4, 0.5) is 26.3 Å². The van der Waals surface area contributed by atoms with E-state index >= 15 is 0 Å². The molecule has 1 aliphatic rings. The van der Waals surface area contributed by atoms with Crippen molar-refractivity contribution in [1.82, 2.24) is 0 Å². The molecule has 26 heavy (non-hydrogen) atoms. The first-order valence-corrected chi connectivity index (χ1v) is 7.61. The molecule has 1 aromatic rings. The largest absolute Gasteiger partial charge is 0.465 e. The minimum absolute atomic E-state index is 0.0112. The molecule has 0 radical (unpaired) electrons. The van der Waals surface area contributed by atoms with Gasteiger partial charge in [-0.25, -0.2) is 0 Å². The summed E-state index contributed by atoms with van der Waals surface area (Å²) in [5, 5.41) is 9.48. The third-order valence-electron chi connectivity index (χ3n) is 4.80. The van der Waals surface area contributed by atoms with Crippen molar-refractivity contribution < 1.29 is 35.9 Å². The van der Waals surface area contributed by atoms with Gasteiger partial charge in [-0.2, -0.15) is 31.6 Å². The second-order valence-corrected chi connectivity index (χ2v) is 6.63. The van der Waals surface area contributed by atoms with Crippen LogP contribution in [0, 0.1) is 22.2 Å². The second-order valence-electron chi connectivity index (χ2n) is 6.63. The summed E-state index contributed by atoms with van der Waals surface area (Å²) in [6.45, 7) is 4.29. The van der Waals surface area contributed by atoms with Crippen LogP contribution in [0.25, 0.3) is 0 Å². The number of hydrogen-bond acceptors (Lipinski definition) is 3. The lowest BCUT2D eigenvalue weighted by molar-refractivity contribution is -0.148. The minimum atomic E-state index is -5.01. The van der Waals surface area contributed by atoms with E-state index in [2.05, 4.69) is 0 Å². The Labute approximate surface area is 145 Å². The van der Waals surface area contributed by atoms with E-state index in [0.717, 1.165) is 0 Å². The first-order chi connectivity index (χ1) is 11.7. The highest BCUT2D eigenvalue weighted by molar-refractivity contribution is 5.88. The molecule has 3 nitrogen and oxygen atoms in total. The van der Waals surface area contributed by atoms with Crippen LogP contribution in [0.3, 0.4) is 0 Å². The molecule has 0 amide bonds. The first-order valence-electron chi connectivity index (χ1n) is 7.61. The van der Waals surface area contributed by atoms with Crippen LogP contribution in [0.1, 0.15) is 43.4 Å². The third-order valence-corrected chi connectivity index (χ3v) is 4.80. The van der Waals surface area contributed by atoms with Crippen molar-refractivity contribution in [3.05, 3.63) is 34.9 Å². The van der Waals surface area contributed by atoms with E-state index in [-0.39, 0.29) is 18.2 Å². The monoisotopic (exact) mass is 379 g/mol. The summed E-state index contributed by atoms with van der Waals surface area (Å²) >= 11 is 0. The van der Waals surface area contributed by atoms with Gasteiger partial charge in [-0.05, 0) is 30.7 Å². The Morgan fingerprint density at radius 3 is 1.92 bits per heavy atom. The number of ether oxygens (including phenoxy) is 1. The van der Waals surface area contributed by atoms with Gasteiger partial charge in [0.2, 0.25) is 0 Å². The normalized spacial score (nSPS) is 24.7. The van der Waals surface area contributed by atoms with E-state index in [1.54, 1.807) is 6.07 Å². The van der Waals surface area contributed by atoms with E-state index < -0.39 is 46.2 Å². The predicted molar refractivity (Wildman–Crippen MR) is 77.6 cm³/mol. The summed E-state index contributed by atoms with van der Waals surface area (Å²) < 4.78 is 83.1. The van der Waals surface area contributed by atoms with E-state index in [9.17, 15) is 36.4 Å². The maximum Gasteiger partial charge on any atom is 0.416 e. The van der Waals surface area contributed by atoms with Crippen LogP contribution >= 0.6 is 0 Å². The quantitative estimate of drug-likeness (QED) is 0.553. The molecule has 0 heterocycles. The highest BCUT2D eigenvalue weighted by Crippen LogP contribution is 2.74. The highest BCUT2D eigenvalue weighted by Gasteiger charge is 2.78. The van der Waals surface area contributed by atoms with Crippen LogP contribution in [0.5, 0.6) is 0 Å². The molecule has 9 heteroatoms. The highest BCUT2D eigenvalue weighted by atomic mass is 19.4. The number of carbonyl (C=O) groups excluding carboxylic acids is 1. The van der Waals surface area contributed by atoms with Crippen LogP contribution in [-0.2, 0) is 21.9 Å². The number of nitriles is 1. The molecule has 0 spiro atoms. The van der Waals surface area contributed by atoms with Crippen molar-refractivity contribution in [3.8, 4) is 6.07 Å². The zero-order valence-corrected chi connectivity index (χ0v) is 14.0. The van der Waals surface area contributed by atoms with Crippen molar-refractivity contribution in [3.63, 3.8) is 0 Å². The lowest BCUT2D eigenvalue weighted by Crippen LogP contribution is -2.23. The van der Waals surface area contributed by atoms with Crippen molar-refractivity contribution in [2.45, 2.75) is 39.0 Å². The van der Waals surface area contributed by atoms with Crippen molar-refractivity contribution in [2.75, 3.05) is 6.61 Å². The first kappa shape index (κ1) is 20.1. The molecule has 0 aromatic heterocycles. The molecule has 1 aromatic carbocycles. The van der Waals surface area contributed by atoms with Gasteiger partial charge in [-0.15, -0.1) is 0 Å². The summed E-state index contributed by atoms with van der Waals surface area (Å²) in [5.74, 6) is -2.11. The number of esters is 1. The van der Waals surface area contributed by atoms with Crippen LogP contribution in [-0.4, -0.2) is 12.6 Å². The Morgan fingerprint density at radius 2 is 1.58 bits per heavy atom. The maximum absolute atomic E-state index is 13.0. The van der Waals surface area contributed by atoms with Gasteiger partial charge in [-0.1, -0.05) is 13.8 Å². The van der Waals surface area contributed by atoms with Gasteiger partial charge in [0.25, 0.3) is 0 Å². The Balaban J connectivity index is 2.65. The average Bonchev–Trinajstić information content (AvgIpc) is 3.02. The summed E-state index contributed by atoms with van der Waals surface area (Å²) in [4.78, 5) is 12.2. The number of benzene rings is 1. The van der Waals surface area contributed by atoms with Gasteiger partial charge in [0.05, 0.1) is 23.8 Å². The Hall–Kier alpha value is -2.24. The van der Waals surface area contributed by atoms with E-state index in [4.69, 9.17) is 4.74 Å². The molecular weight excluding hydrogens is 364 g/mol. The smallest absolute Gasteiger partial charge is 0.416 e.